The summed E-state index contributed by atoms with van der Waals surface area (Å²) in [5, 5.41) is 5.49. The molecule has 0 aromatic heterocycles. The van der Waals surface area contributed by atoms with Gasteiger partial charge in [-0.05, 0) is 34.6 Å². The SMILES string of the molecule is CC(C)(N)CNC(=O)NC(C)(C)C. The third-order valence-electron chi connectivity index (χ3n) is 1.19. The number of urea groups is 1. The largest absolute Gasteiger partial charge is 0.336 e. The summed E-state index contributed by atoms with van der Waals surface area (Å²) >= 11 is 0. The minimum absolute atomic E-state index is 0.175. The van der Waals surface area contributed by atoms with Crippen molar-refractivity contribution in [3.8, 4) is 0 Å². The maximum atomic E-state index is 11.2. The Labute approximate surface area is 80.3 Å². The Bertz CT molecular complexity index is 176. The van der Waals surface area contributed by atoms with Crippen LogP contribution < -0.4 is 16.4 Å². The van der Waals surface area contributed by atoms with Crippen molar-refractivity contribution in [3.63, 3.8) is 0 Å². The van der Waals surface area contributed by atoms with Gasteiger partial charge in [-0.25, -0.2) is 4.79 Å². The third kappa shape index (κ3) is 9.14. The van der Waals surface area contributed by atoms with E-state index in [4.69, 9.17) is 5.73 Å². The van der Waals surface area contributed by atoms with Crippen LogP contribution in [0.2, 0.25) is 0 Å². The maximum absolute atomic E-state index is 11.2. The molecule has 0 bridgehead atoms. The molecule has 4 N–H and O–H groups in total. The van der Waals surface area contributed by atoms with Crippen LogP contribution in [0.3, 0.4) is 0 Å². The Hall–Kier alpha value is -0.770. The van der Waals surface area contributed by atoms with Gasteiger partial charge in [-0.1, -0.05) is 0 Å². The molecule has 0 aliphatic rings. The van der Waals surface area contributed by atoms with E-state index < -0.39 is 0 Å². The van der Waals surface area contributed by atoms with Gasteiger partial charge >= 0.3 is 6.03 Å². The molecule has 0 saturated carbocycles. The number of amides is 2. The Balaban J connectivity index is 3.78. The van der Waals surface area contributed by atoms with E-state index in [-0.39, 0.29) is 17.1 Å². The van der Waals surface area contributed by atoms with Crippen molar-refractivity contribution in [2.45, 2.75) is 45.7 Å². The molecule has 78 valence electrons. The molecule has 0 spiro atoms. The van der Waals surface area contributed by atoms with Crippen molar-refractivity contribution in [1.82, 2.24) is 10.6 Å². The summed E-state index contributed by atoms with van der Waals surface area (Å²) in [7, 11) is 0. The average Bonchev–Trinajstić information content (AvgIpc) is 1.78. The Kier molecular flexibility index (Phi) is 3.72. The van der Waals surface area contributed by atoms with Crippen LogP contribution in [0.25, 0.3) is 0 Å². The highest BCUT2D eigenvalue weighted by Gasteiger charge is 2.16. The summed E-state index contributed by atoms with van der Waals surface area (Å²) in [6, 6.07) is -0.175. The molecule has 13 heavy (non-hydrogen) atoms. The van der Waals surface area contributed by atoms with Crippen molar-refractivity contribution in [1.29, 1.82) is 0 Å². The second kappa shape index (κ2) is 3.96. The molecule has 0 aromatic carbocycles. The highest BCUT2D eigenvalue weighted by atomic mass is 16.2. The van der Waals surface area contributed by atoms with E-state index in [0.717, 1.165) is 0 Å². The predicted octanol–water partition coefficient (Wildman–Crippen LogP) is 0.821. The van der Waals surface area contributed by atoms with E-state index in [1.807, 2.05) is 34.6 Å². The average molecular weight is 187 g/mol. The lowest BCUT2D eigenvalue weighted by Crippen LogP contribution is -2.52. The molecule has 0 rings (SSSR count). The molecule has 0 radical (unpaired) electrons. The van der Waals surface area contributed by atoms with Crippen molar-refractivity contribution in [3.05, 3.63) is 0 Å². The molecule has 0 saturated heterocycles. The quantitative estimate of drug-likeness (QED) is 0.599. The zero-order chi connectivity index (χ0) is 10.7. The first-order valence-electron chi connectivity index (χ1n) is 4.45. The van der Waals surface area contributed by atoms with Gasteiger partial charge in [0.25, 0.3) is 0 Å². The number of hydrogen-bond donors (Lipinski definition) is 3. The smallest absolute Gasteiger partial charge is 0.315 e. The van der Waals surface area contributed by atoms with Gasteiger partial charge in [0, 0.05) is 17.6 Å². The molecule has 0 heterocycles. The summed E-state index contributed by atoms with van der Waals surface area (Å²) in [4.78, 5) is 11.2. The molecule has 0 fully saturated rings. The van der Waals surface area contributed by atoms with Crippen LogP contribution in [-0.2, 0) is 0 Å². The van der Waals surface area contributed by atoms with E-state index in [1.54, 1.807) is 0 Å². The molecule has 4 nitrogen and oxygen atoms in total. The number of rotatable bonds is 2. The minimum atomic E-state index is -0.366. The summed E-state index contributed by atoms with van der Waals surface area (Å²) in [6.45, 7) is 9.99. The first-order valence-corrected chi connectivity index (χ1v) is 4.45. The summed E-state index contributed by atoms with van der Waals surface area (Å²) in [6.07, 6.45) is 0. The van der Waals surface area contributed by atoms with Gasteiger partial charge in [0.2, 0.25) is 0 Å². The predicted molar refractivity (Wildman–Crippen MR) is 54.6 cm³/mol. The lowest BCUT2D eigenvalue weighted by atomic mass is 10.1. The number of nitrogens with one attached hydrogen (secondary N) is 2. The highest BCUT2D eigenvalue weighted by Crippen LogP contribution is 1.98. The third-order valence-corrected chi connectivity index (χ3v) is 1.19. The standard InChI is InChI=1S/C9H21N3O/c1-8(2,3)12-7(13)11-6-9(4,5)10/h6,10H2,1-5H3,(H2,11,12,13). The topological polar surface area (TPSA) is 67.1 Å². The maximum Gasteiger partial charge on any atom is 0.315 e. The van der Waals surface area contributed by atoms with Crippen LogP contribution in [0.15, 0.2) is 0 Å². The van der Waals surface area contributed by atoms with Crippen LogP contribution in [-0.4, -0.2) is 23.7 Å². The molecule has 0 atom stereocenters. The summed E-state index contributed by atoms with van der Waals surface area (Å²) in [5.74, 6) is 0. The lowest BCUT2D eigenvalue weighted by Gasteiger charge is -2.24. The van der Waals surface area contributed by atoms with Crippen molar-refractivity contribution < 1.29 is 4.79 Å². The molecular weight excluding hydrogens is 166 g/mol. The molecule has 0 aliphatic carbocycles. The second-order valence-electron chi connectivity index (χ2n) is 5.05. The zero-order valence-corrected chi connectivity index (χ0v) is 9.19. The van der Waals surface area contributed by atoms with E-state index in [2.05, 4.69) is 10.6 Å². The summed E-state index contributed by atoms with van der Waals surface area (Å²) in [5.41, 5.74) is 5.13. The number of carbonyl (C=O) groups is 1. The van der Waals surface area contributed by atoms with Crippen molar-refractivity contribution in [2.75, 3.05) is 6.54 Å². The van der Waals surface area contributed by atoms with Crippen LogP contribution >= 0.6 is 0 Å². The summed E-state index contributed by atoms with van der Waals surface area (Å²) < 4.78 is 0. The van der Waals surface area contributed by atoms with Crippen LogP contribution in [0, 0.1) is 0 Å². The fourth-order valence-corrected chi connectivity index (χ4v) is 0.693. The van der Waals surface area contributed by atoms with Crippen molar-refractivity contribution >= 4 is 6.03 Å². The van der Waals surface area contributed by atoms with Gasteiger partial charge in [0.1, 0.15) is 0 Å². The van der Waals surface area contributed by atoms with Crippen LogP contribution in [0.1, 0.15) is 34.6 Å². The van der Waals surface area contributed by atoms with Crippen LogP contribution in [0.5, 0.6) is 0 Å². The van der Waals surface area contributed by atoms with Gasteiger partial charge in [-0.2, -0.15) is 0 Å². The lowest BCUT2D eigenvalue weighted by molar-refractivity contribution is 0.229. The van der Waals surface area contributed by atoms with Crippen LogP contribution in [0.4, 0.5) is 4.79 Å². The molecule has 4 heteroatoms. The fraction of sp³-hybridized carbons (Fsp3) is 0.889. The number of hydrogen-bond acceptors (Lipinski definition) is 2. The van der Waals surface area contributed by atoms with Gasteiger partial charge in [-0.15, -0.1) is 0 Å². The molecular formula is C9H21N3O. The normalized spacial score (nSPS) is 12.5. The first-order chi connectivity index (χ1) is 5.60. The van der Waals surface area contributed by atoms with Gasteiger partial charge in [-0.3, -0.25) is 0 Å². The number of nitrogens with two attached hydrogens (primary N) is 1. The molecule has 0 unspecified atom stereocenters. The Morgan fingerprint density at radius 1 is 1.23 bits per heavy atom. The van der Waals surface area contributed by atoms with E-state index in [9.17, 15) is 4.79 Å². The van der Waals surface area contributed by atoms with Crippen molar-refractivity contribution in [2.24, 2.45) is 5.73 Å². The van der Waals surface area contributed by atoms with Gasteiger partial charge in [0.05, 0.1) is 0 Å². The molecule has 0 aliphatic heterocycles. The highest BCUT2D eigenvalue weighted by molar-refractivity contribution is 5.74. The molecule has 0 aromatic rings. The van der Waals surface area contributed by atoms with E-state index in [1.165, 1.54) is 0 Å². The van der Waals surface area contributed by atoms with Gasteiger partial charge in [0.15, 0.2) is 0 Å². The second-order valence-corrected chi connectivity index (χ2v) is 5.05. The minimum Gasteiger partial charge on any atom is -0.336 e. The zero-order valence-electron chi connectivity index (χ0n) is 9.19. The van der Waals surface area contributed by atoms with E-state index in [0.29, 0.717) is 6.54 Å². The fourth-order valence-electron chi connectivity index (χ4n) is 0.693. The van der Waals surface area contributed by atoms with E-state index >= 15 is 0 Å². The van der Waals surface area contributed by atoms with Gasteiger partial charge < -0.3 is 16.4 Å². The Morgan fingerprint density at radius 3 is 2.00 bits per heavy atom. The number of carbonyl (C=O) groups excluding carboxylic acids is 1. The monoisotopic (exact) mass is 187 g/mol. The first kappa shape index (κ1) is 12.2. The molecule has 2 amide bonds. The Morgan fingerprint density at radius 2 is 1.69 bits per heavy atom.